The summed E-state index contributed by atoms with van der Waals surface area (Å²) in [6, 6.07) is 14.7. The molecule has 0 unspecified atom stereocenters. The number of amides is 1. The molecule has 0 spiro atoms. The third kappa shape index (κ3) is 2.85. The molecule has 1 aliphatic rings. The zero-order valence-corrected chi connectivity index (χ0v) is 15.8. The molecule has 28 heavy (non-hydrogen) atoms. The third-order valence-electron chi connectivity index (χ3n) is 4.79. The molecule has 0 saturated heterocycles. The molecule has 0 N–H and O–H groups in total. The SMILES string of the molecule is Cc1nn(-c2cccc(C(=O)N(C)c3ccc4c(c3)OCO4)c2)c(C)c1C#N. The lowest BCUT2D eigenvalue weighted by Crippen LogP contribution is -2.26. The summed E-state index contributed by atoms with van der Waals surface area (Å²) in [4.78, 5) is 14.6. The minimum absolute atomic E-state index is 0.164. The monoisotopic (exact) mass is 374 g/mol. The number of nitriles is 1. The van der Waals surface area contributed by atoms with E-state index in [9.17, 15) is 10.1 Å². The Morgan fingerprint density at radius 1 is 1.18 bits per heavy atom. The van der Waals surface area contributed by atoms with E-state index in [1.807, 2.05) is 19.1 Å². The van der Waals surface area contributed by atoms with E-state index in [0.717, 1.165) is 11.4 Å². The van der Waals surface area contributed by atoms with E-state index >= 15 is 0 Å². The van der Waals surface area contributed by atoms with Gasteiger partial charge in [-0.2, -0.15) is 10.4 Å². The molecule has 0 aliphatic carbocycles. The van der Waals surface area contributed by atoms with Gasteiger partial charge in [-0.15, -0.1) is 0 Å². The highest BCUT2D eigenvalue weighted by molar-refractivity contribution is 6.06. The van der Waals surface area contributed by atoms with Gasteiger partial charge in [-0.05, 0) is 44.2 Å². The molecule has 7 heteroatoms. The van der Waals surface area contributed by atoms with Gasteiger partial charge in [0.25, 0.3) is 5.91 Å². The molecule has 140 valence electrons. The maximum Gasteiger partial charge on any atom is 0.258 e. The molecule has 7 nitrogen and oxygen atoms in total. The lowest BCUT2D eigenvalue weighted by Gasteiger charge is -2.18. The van der Waals surface area contributed by atoms with Crippen LogP contribution < -0.4 is 14.4 Å². The molecule has 1 amide bonds. The first-order chi connectivity index (χ1) is 13.5. The predicted molar refractivity (Wildman–Crippen MR) is 103 cm³/mol. The number of hydrogen-bond donors (Lipinski definition) is 0. The van der Waals surface area contributed by atoms with Crippen molar-refractivity contribution in [1.29, 1.82) is 5.26 Å². The summed E-state index contributed by atoms with van der Waals surface area (Å²) < 4.78 is 12.4. The largest absolute Gasteiger partial charge is 0.454 e. The number of aryl methyl sites for hydroxylation is 1. The minimum atomic E-state index is -0.164. The van der Waals surface area contributed by atoms with E-state index in [0.29, 0.717) is 34.0 Å². The summed E-state index contributed by atoms with van der Waals surface area (Å²) in [5.41, 5.74) is 3.91. The minimum Gasteiger partial charge on any atom is -0.454 e. The first kappa shape index (κ1) is 17.6. The molecule has 0 bridgehead atoms. The molecule has 1 aromatic heterocycles. The Labute approximate surface area is 162 Å². The highest BCUT2D eigenvalue weighted by Crippen LogP contribution is 2.35. The van der Waals surface area contributed by atoms with Crippen molar-refractivity contribution < 1.29 is 14.3 Å². The van der Waals surface area contributed by atoms with Crippen LogP contribution in [0.1, 0.15) is 27.3 Å². The number of benzene rings is 2. The van der Waals surface area contributed by atoms with Crippen LogP contribution in [-0.4, -0.2) is 29.5 Å². The Bertz CT molecular complexity index is 1130. The van der Waals surface area contributed by atoms with Crippen molar-refractivity contribution in [3.63, 3.8) is 0 Å². The number of rotatable bonds is 3. The second-order valence-electron chi connectivity index (χ2n) is 6.52. The average molecular weight is 374 g/mol. The Morgan fingerprint density at radius 3 is 2.71 bits per heavy atom. The van der Waals surface area contributed by atoms with E-state index in [1.165, 1.54) is 0 Å². The Morgan fingerprint density at radius 2 is 1.96 bits per heavy atom. The first-order valence-electron chi connectivity index (χ1n) is 8.74. The summed E-state index contributed by atoms with van der Waals surface area (Å²) in [6.07, 6.45) is 0. The van der Waals surface area contributed by atoms with Gasteiger partial charge >= 0.3 is 0 Å². The highest BCUT2D eigenvalue weighted by atomic mass is 16.7. The van der Waals surface area contributed by atoms with Crippen LogP contribution in [0.3, 0.4) is 0 Å². The molecular weight excluding hydrogens is 356 g/mol. The van der Waals surface area contributed by atoms with E-state index in [4.69, 9.17) is 9.47 Å². The summed E-state index contributed by atoms with van der Waals surface area (Å²) in [5.74, 6) is 1.13. The molecule has 0 saturated carbocycles. The van der Waals surface area contributed by atoms with Crippen LogP contribution in [-0.2, 0) is 0 Å². The summed E-state index contributed by atoms with van der Waals surface area (Å²) in [6.45, 7) is 3.82. The number of anilines is 1. The Hall–Kier alpha value is -3.79. The summed E-state index contributed by atoms with van der Waals surface area (Å²) in [7, 11) is 1.71. The lowest BCUT2D eigenvalue weighted by molar-refractivity contribution is 0.0993. The van der Waals surface area contributed by atoms with E-state index in [2.05, 4.69) is 11.2 Å². The van der Waals surface area contributed by atoms with Crippen LogP contribution >= 0.6 is 0 Å². The van der Waals surface area contributed by atoms with E-state index in [1.54, 1.807) is 53.9 Å². The van der Waals surface area contributed by atoms with Crippen molar-refractivity contribution in [2.75, 3.05) is 18.7 Å². The number of carbonyl (C=O) groups excluding carboxylic acids is 1. The number of aromatic nitrogens is 2. The fourth-order valence-electron chi connectivity index (χ4n) is 3.23. The van der Waals surface area contributed by atoms with Crippen LogP contribution in [0.4, 0.5) is 5.69 Å². The third-order valence-corrected chi connectivity index (χ3v) is 4.79. The zero-order valence-electron chi connectivity index (χ0n) is 15.8. The lowest BCUT2D eigenvalue weighted by atomic mass is 10.1. The molecule has 3 aromatic rings. The van der Waals surface area contributed by atoms with Gasteiger partial charge in [0.15, 0.2) is 11.5 Å². The molecule has 0 fully saturated rings. The molecular formula is C21H18N4O3. The summed E-state index contributed by atoms with van der Waals surface area (Å²) in [5, 5.41) is 13.7. The molecule has 0 radical (unpaired) electrons. The Balaban J connectivity index is 1.66. The van der Waals surface area contributed by atoms with Gasteiger partial charge < -0.3 is 14.4 Å². The van der Waals surface area contributed by atoms with Crippen LogP contribution in [0.5, 0.6) is 11.5 Å². The summed E-state index contributed by atoms with van der Waals surface area (Å²) >= 11 is 0. The van der Waals surface area contributed by atoms with Gasteiger partial charge in [0.2, 0.25) is 6.79 Å². The number of carbonyl (C=O) groups is 1. The topological polar surface area (TPSA) is 80.4 Å². The molecule has 1 aliphatic heterocycles. The van der Waals surface area contributed by atoms with Crippen molar-refractivity contribution in [3.05, 3.63) is 65.0 Å². The number of hydrogen-bond acceptors (Lipinski definition) is 5. The fraction of sp³-hybridized carbons (Fsp3) is 0.190. The number of ether oxygens (including phenoxy) is 2. The van der Waals surface area contributed by atoms with Crippen molar-refractivity contribution in [3.8, 4) is 23.3 Å². The smallest absolute Gasteiger partial charge is 0.258 e. The average Bonchev–Trinajstić information content (AvgIpc) is 3.30. The Kier molecular flexibility index (Phi) is 4.24. The molecule has 2 aromatic carbocycles. The van der Waals surface area contributed by atoms with Crippen LogP contribution in [0.15, 0.2) is 42.5 Å². The molecule has 4 rings (SSSR count). The standard InChI is InChI=1S/C21H18N4O3/c1-13-18(11-22)14(2)25(23-13)17-6-4-5-15(9-17)21(26)24(3)16-7-8-19-20(10-16)28-12-27-19/h4-10H,12H2,1-3H3. The quantitative estimate of drug-likeness (QED) is 0.702. The zero-order chi connectivity index (χ0) is 19.8. The maximum absolute atomic E-state index is 13.0. The van der Waals surface area contributed by atoms with Crippen molar-refractivity contribution in [2.24, 2.45) is 0 Å². The van der Waals surface area contributed by atoms with Crippen LogP contribution in [0.2, 0.25) is 0 Å². The highest BCUT2D eigenvalue weighted by Gasteiger charge is 2.19. The van der Waals surface area contributed by atoms with Gasteiger partial charge in [-0.3, -0.25) is 4.79 Å². The van der Waals surface area contributed by atoms with E-state index < -0.39 is 0 Å². The van der Waals surface area contributed by atoms with Crippen LogP contribution in [0, 0.1) is 25.2 Å². The van der Waals surface area contributed by atoms with Crippen molar-refractivity contribution in [1.82, 2.24) is 9.78 Å². The van der Waals surface area contributed by atoms with Gasteiger partial charge in [0.1, 0.15) is 6.07 Å². The maximum atomic E-state index is 13.0. The van der Waals surface area contributed by atoms with Crippen LogP contribution in [0.25, 0.3) is 5.69 Å². The van der Waals surface area contributed by atoms with Gasteiger partial charge in [0.05, 0.1) is 22.6 Å². The number of fused-ring (bicyclic) bond motifs is 1. The predicted octanol–water partition coefficient (Wildman–Crippen LogP) is 3.37. The van der Waals surface area contributed by atoms with Gasteiger partial charge in [-0.25, -0.2) is 4.68 Å². The second kappa shape index (κ2) is 6.74. The van der Waals surface area contributed by atoms with Gasteiger partial charge in [0, 0.05) is 24.4 Å². The van der Waals surface area contributed by atoms with Crippen molar-refractivity contribution >= 4 is 11.6 Å². The molecule has 2 heterocycles. The first-order valence-corrected chi connectivity index (χ1v) is 8.74. The van der Waals surface area contributed by atoms with Gasteiger partial charge in [-0.1, -0.05) is 6.07 Å². The fourth-order valence-corrected chi connectivity index (χ4v) is 3.23. The van der Waals surface area contributed by atoms with E-state index in [-0.39, 0.29) is 12.7 Å². The second-order valence-corrected chi connectivity index (χ2v) is 6.52. The number of nitrogens with zero attached hydrogens (tertiary/aromatic N) is 4. The molecule has 0 atom stereocenters. The normalized spacial score (nSPS) is 11.9. The van der Waals surface area contributed by atoms with Crippen molar-refractivity contribution in [2.45, 2.75) is 13.8 Å².